The Morgan fingerprint density at radius 1 is 1.11 bits per heavy atom. The van der Waals surface area contributed by atoms with Crippen molar-refractivity contribution in [2.75, 3.05) is 16.4 Å². The molecule has 2 saturated heterocycles. The molecule has 146 valence electrons. The SMILES string of the molecule is O=C(CCc1ccccc1)N=C1SC2CS(=O)(=O)CC2N1c1ccccc1Cl. The number of para-hydroxylation sites is 1. The molecule has 0 radical (unpaired) electrons. The van der Waals surface area contributed by atoms with Gasteiger partial charge < -0.3 is 4.90 Å². The molecule has 2 heterocycles. The normalized spacial score (nSPS) is 24.5. The Kier molecular flexibility index (Phi) is 5.49. The third-order valence-electron chi connectivity index (χ3n) is 4.87. The van der Waals surface area contributed by atoms with Crippen molar-refractivity contribution in [1.82, 2.24) is 0 Å². The molecule has 2 aromatic rings. The highest BCUT2D eigenvalue weighted by molar-refractivity contribution is 8.16. The van der Waals surface area contributed by atoms with Gasteiger partial charge in [-0.25, -0.2) is 8.42 Å². The standard InChI is InChI=1S/C20H19ClN2O3S2/c21-15-8-4-5-9-16(15)23-17-12-28(25,26)13-18(17)27-20(23)22-19(24)11-10-14-6-2-1-3-7-14/h1-9,17-18H,10-13H2. The van der Waals surface area contributed by atoms with E-state index < -0.39 is 9.84 Å². The second kappa shape index (κ2) is 7.89. The van der Waals surface area contributed by atoms with Gasteiger partial charge in [-0.3, -0.25) is 4.79 Å². The molecule has 5 nitrogen and oxygen atoms in total. The molecule has 2 aromatic carbocycles. The molecular weight excluding hydrogens is 416 g/mol. The number of carbonyl (C=O) groups is 1. The molecule has 0 spiro atoms. The Labute approximate surface area is 173 Å². The number of benzene rings is 2. The van der Waals surface area contributed by atoms with E-state index >= 15 is 0 Å². The van der Waals surface area contributed by atoms with Crippen molar-refractivity contribution in [2.45, 2.75) is 24.1 Å². The van der Waals surface area contributed by atoms with E-state index in [0.717, 1.165) is 5.56 Å². The second-order valence-corrected chi connectivity index (χ2v) is 10.7. The monoisotopic (exact) mass is 434 g/mol. The zero-order chi connectivity index (χ0) is 19.7. The van der Waals surface area contributed by atoms with Crippen molar-refractivity contribution in [2.24, 2.45) is 4.99 Å². The minimum Gasteiger partial charge on any atom is -0.314 e. The van der Waals surface area contributed by atoms with Gasteiger partial charge in [0.15, 0.2) is 15.0 Å². The number of rotatable bonds is 4. The summed E-state index contributed by atoms with van der Waals surface area (Å²) in [6, 6.07) is 16.8. The van der Waals surface area contributed by atoms with Crippen LogP contribution >= 0.6 is 23.4 Å². The van der Waals surface area contributed by atoms with Gasteiger partial charge in [-0.05, 0) is 24.1 Å². The molecule has 4 rings (SSSR count). The maximum absolute atomic E-state index is 12.5. The van der Waals surface area contributed by atoms with Crippen LogP contribution in [0.4, 0.5) is 5.69 Å². The summed E-state index contributed by atoms with van der Waals surface area (Å²) in [6.45, 7) is 0. The van der Waals surface area contributed by atoms with Crippen LogP contribution in [0.25, 0.3) is 0 Å². The lowest BCUT2D eigenvalue weighted by atomic mass is 10.1. The van der Waals surface area contributed by atoms with Crippen molar-refractivity contribution in [3.8, 4) is 0 Å². The highest BCUT2D eigenvalue weighted by Crippen LogP contribution is 2.42. The van der Waals surface area contributed by atoms with Gasteiger partial charge >= 0.3 is 0 Å². The third-order valence-corrected chi connectivity index (χ3v) is 8.40. The number of aliphatic imine (C=N–C) groups is 1. The number of nitrogens with zero attached hydrogens (tertiary/aromatic N) is 2. The largest absolute Gasteiger partial charge is 0.314 e. The van der Waals surface area contributed by atoms with Crippen LogP contribution in [0.15, 0.2) is 59.6 Å². The van der Waals surface area contributed by atoms with Crippen LogP contribution in [0.1, 0.15) is 12.0 Å². The van der Waals surface area contributed by atoms with E-state index in [9.17, 15) is 13.2 Å². The van der Waals surface area contributed by atoms with E-state index in [2.05, 4.69) is 4.99 Å². The van der Waals surface area contributed by atoms with Crippen LogP contribution in [0, 0.1) is 0 Å². The van der Waals surface area contributed by atoms with Crippen LogP contribution in [0.3, 0.4) is 0 Å². The molecule has 2 fully saturated rings. The number of anilines is 1. The van der Waals surface area contributed by atoms with Gasteiger partial charge in [-0.2, -0.15) is 4.99 Å². The molecule has 0 aliphatic carbocycles. The summed E-state index contributed by atoms with van der Waals surface area (Å²) in [4.78, 5) is 18.7. The van der Waals surface area contributed by atoms with Gasteiger partial charge in [0.1, 0.15) is 0 Å². The molecule has 2 aliphatic heterocycles. The van der Waals surface area contributed by atoms with E-state index in [0.29, 0.717) is 28.7 Å². The molecule has 2 unspecified atom stereocenters. The molecule has 2 atom stereocenters. The van der Waals surface area contributed by atoms with E-state index in [4.69, 9.17) is 11.6 Å². The molecule has 0 aromatic heterocycles. The summed E-state index contributed by atoms with van der Waals surface area (Å²) >= 11 is 7.73. The lowest BCUT2D eigenvalue weighted by Gasteiger charge is -2.25. The van der Waals surface area contributed by atoms with Gasteiger partial charge in [0.05, 0.1) is 28.3 Å². The number of fused-ring (bicyclic) bond motifs is 1. The van der Waals surface area contributed by atoms with Crippen molar-refractivity contribution in [3.05, 3.63) is 65.2 Å². The number of carbonyl (C=O) groups excluding carboxylic acids is 1. The first-order valence-electron chi connectivity index (χ1n) is 8.99. The molecular formula is C20H19ClN2O3S2. The van der Waals surface area contributed by atoms with Gasteiger partial charge in [0, 0.05) is 11.7 Å². The summed E-state index contributed by atoms with van der Waals surface area (Å²) < 4.78 is 24.2. The third kappa shape index (κ3) is 4.11. The van der Waals surface area contributed by atoms with E-state index in [1.165, 1.54) is 11.8 Å². The second-order valence-electron chi connectivity index (χ2n) is 6.90. The first-order valence-corrected chi connectivity index (χ1v) is 12.1. The number of amidine groups is 1. The topological polar surface area (TPSA) is 66.8 Å². The number of amides is 1. The highest BCUT2D eigenvalue weighted by Gasteiger charge is 2.49. The summed E-state index contributed by atoms with van der Waals surface area (Å²) in [7, 11) is -3.10. The molecule has 0 saturated carbocycles. The van der Waals surface area contributed by atoms with Crippen LogP contribution < -0.4 is 4.90 Å². The Hall–Kier alpha value is -1.83. The van der Waals surface area contributed by atoms with Crippen LogP contribution in [-0.2, 0) is 21.1 Å². The fourth-order valence-corrected chi connectivity index (χ4v) is 7.70. The number of halogens is 1. The number of hydrogen-bond donors (Lipinski definition) is 0. The molecule has 0 N–H and O–H groups in total. The van der Waals surface area contributed by atoms with Crippen molar-refractivity contribution in [3.63, 3.8) is 0 Å². The minimum absolute atomic E-state index is 0.0487. The fraction of sp³-hybridized carbons (Fsp3) is 0.300. The van der Waals surface area contributed by atoms with Crippen molar-refractivity contribution < 1.29 is 13.2 Å². The predicted molar refractivity (Wildman–Crippen MR) is 115 cm³/mol. The lowest BCUT2D eigenvalue weighted by Crippen LogP contribution is -2.37. The Morgan fingerprint density at radius 2 is 1.82 bits per heavy atom. The number of sulfone groups is 1. The van der Waals surface area contributed by atoms with Crippen LogP contribution in [0.2, 0.25) is 5.02 Å². The Balaban J connectivity index is 1.59. The first kappa shape index (κ1) is 19.5. The summed E-state index contributed by atoms with van der Waals surface area (Å²) in [6.07, 6.45) is 0.923. The smallest absolute Gasteiger partial charge is 0.248 e. The quantitative estimate of drug-likeness (QED) is 0.735. The van der Waals surface area contributed by atoms with E-state index in [1.54, 1.807) is 6.07 Å². The minimum atomic E-state index is -3.10. The first-order chi connectivity index (χ1) is 13.4. The van der Waals surface area contributed by atoms with Gasteiger partial charge in [-0.15, -0.1) is 0 Å². The molecule has 2 aliphatic rings. The summed E-state index contributed by atoms with van der Waals surface area (Å²) in [5.41, 5.74) is 1.77. The molecule has 28 heavy (non-hydrogen) atoms. The fourth-order valence-electron chi connectivity index (χ4n) is 3.55. The van der Waals surface area contributed by atoms with Crippen LogP contribution in [-0.4, -0.2) is 42.3 Å². The molecule has 0 bridgehead atoms. The zero-order valence-corrected chi connectivity index (χ0v) is 17.4. The number of aryl methyl sites for hydroxylation is 1. The van der Waals surface area contributed by atoms with Crippen LogP contribution in [0.5, 0.6) is 0 Å². The number of hydrogen-bond acceptors (Lipinski definition) is 4. The molecule has 8 heteroatoms. The average Bonchev–Trinajstić information content (AvgIpc) is 3.12. The Morgan fingerprint density at radius 3 is 2.57 bits per heavy atom. The average molecular weight is 435 g/mol. The van der Waals surface area contributed by atoms with Crippen molar-refractivity contribution in [1.29, 1.82) is 0 Å². The van der Waals surface area contributed by atoms with Gasteiger partial charge in [0.25, 0.3) is 0 Å². The predicted octanol–water partition coefficient (Wildman–Crippen LogP) is 3.57. The van der Waals surface area contributed by atoms with E-state index in [-0.39, 0.29) is 28.7 Å². The van der Waals surface area contributed by atoms with E-state index in [1.807, 2.05) is 53.4 Å². The van der Waals surface area contributed by atoms with Gasteiger partial charge in [-0.1, -0.05) is 65.8 Å². The summed E-state index contributed by atoms with van der Waals surface area (Å²) in [5.74, 6) is -0.0700. The van der Waals surface area contributed by atoms with Gasteiger partial charge in [0.2, 0.25) is 5.91 Å². The van der Waals surface area contributed by atoms with Crippen molar-refractivity contribution >= 4 is 50.0 Å². The highest BCUT2D eigenvalue weighted by atomic mass is 35.5. The summed E-state index contributed by atoms with van der Waals surface area (Å²) in [5, 5.41) is 0.912. The zero-order valence-electron chi connectivity index (χ0n) is 15.0. The Bertz CT molecular complexity index is 1020. The maximum Gasteiger partial charge on any atom is 0.248 e. The number of thioether (sulfide) groups is 1. The maximum atomic E-state index is 12.5. The lowest BCUT2D eigenvalue weighted by molar-refractivity contribution is -0.117. The molecule has 1 amide bonds.